The third-order valence-electron chi connectivity index (χ3n) is 6.51. The number of fused-ring (bicyclic) bond motifs is 1. The van der Waals surface area contributed by atoms with Crippen molar-refractivity contribution in [1.29, 1.82) is 0 Å². The maximum Gasteiger partial charge on any atom is 0.329 e. The minimum atomic E-state index is -0.871. The largest absolute Gasteiger partial charge is 0.497 e. The monoisotopic (exact) mass is 401 g/mol. The van der Waals surface area contributed by atoms with E-state index in [1.807, 2.05) is 0 Å². The number of urea groups is 1. The van der Waals surface area contributed by atoms with Gasteiger partial charge in [0.1, 0.15) is 11.8 Å². The Morgan fingerprint density at radius 2 is 2.00 bits per heavy atom. The smallest absolute Gasteiger partial charge is 0.329 e. The number of nitrogens with zero attached hydrogens (tertiary/aromatic N) is 2. The number of hydrogen-bond donors (Lipinski definition) is 2. The van der Waals surface area contributed by atoms with Crippen LogP contribution in [0, 0.1) is 5.92 Å². The number of anilines is 1. The lowest BCUT2D eigenvalue weighted by molar-refractivity contribution is -0.144. The predicted molar refractivity (Wildman–Crippen MR) is 106 cm³/mol. The summed E-state index contributed by atoms with van der Waals surface area (Å²) in [7, 11) is 1.54. The van der Waals surface area contributed by atoms with Crippen LogP contribution in [0.2, 0.25) is 0 Å². The van der Waals surface area contributed by atoms with Crippen LogP contribution < -0.4 is 15.0 Å². The number of hydrogen-bond acceptors (Lipinski definition) is 5. The summed E-state index contributed by atoms with van der Waals surface area (Å²) in [4.78, 5) is 40.7. The number of piperidine rings is 1. The fourth-order valence-corrected chi connectivity index (χ4v) is 4.75. The van der Waals surface area contributed by atoms with Gasteiger partial charge in [-0.2, -0.15) is 0 Å². The lowest BCUT2D eigenvalue weighted by Crippen LogP contribution is -2.55. The van der Waals surface area contributed by atoms with Crippen molar-refractivity contribution in [2.24, 2.45) is 5.92 Å². The van der Waals surface area contributed by atoms with Gasteiger partial charge in [-0.05, 0) is 43.5 Å². The lowest BCUT2D eigenvalue weighted by Gasteiger charge is -2.47. The molecular weight excluding hydrogens is 374 g/mol. The SMILES string of the molecule is COc1ccc(N2C(=O)N[C@@H](CC(=O)N3CCC4(O)CCCCC4C3)C2=O)cc1. The maximum atomic E-state index is 12.8. The predicted octanol–water partition coefficient (Wildman–Crippen LogP) is 1.66. The molecule has 1 saturated carbocycles. The summed E-state index contributed by atoms with van der Waals surface area (Å²) < 4.78 is 5.10. The fourth-order valence-electron chi connectivity index (χ4n) is 4.75. The number of benzene rings is 1. The molecule has 1 aliphatic carbocycles. The number of imide groups is 1. The molecule has 4 amide bonds. The van der Waals surface area contributed by atoms with Crippen LogP contribution in [0.25, 0.3) is 0 Å². The second-order valence-electron chi connectivity index (χ2n) is 8.21. The molecule has 29 heavy (non-hydrogen) atoms. The van der Waals surface area contributed by atoms with Crippen molar-refractivity contribution in [1.82, 2.24) is 10.2 Å². The van der Waals surface area contributed by atoms with Gasteiger partial charge in [0.05, 0.1) is 24.8 Å². The Bertz CT molecular complexity index is 811. The minimum Gasteiger partial charge on any atom is -0.497 e. The van der Waals surface area contributed by atoms with E-state index in [9.17, 15) is 19.5 Å². The summed E-state index contributed by atoms with van der Waals surface area (Å²) in [5.74, 6) is 0.131. The van der Waals surface area contributed by atoms with E-state index in [2.05, 4.69) is 5.32 Å². The first-order valence-corrected chi connectivity index (χ1v) is 10.2. The zero-order valence-corrected chi connectivity index (χ0v) is 16.6. The van der Waals surface area contributed by atoms with Crippen LogP contribution in [0.15, 0.2) is 24.3 Å². The van der Waals surface area contributed by atoms with E-state index in [1.54, 1.807) is 36.3 Å². The normalized spacial score (nSPS) is 29.4. The van der Waals surface area contributed by atoms with Gasteiger partial charge in [0, 0.05) is 19.0 Å². The molecule has 0 aromatic heterocycles. The Morgan fingerprint density at radius 3 is 2.72 bits per heavy atom. The molecule has 1 aromatic rings. The second-order valence-corrected chi connectivity index (χ2v) is 8.21. The number of ether oxygens (including phenoxy) is 1. The lowest BCUT2D eigenvalue weighted by atomic mass is 9.71. The van der Waals surface area contributed by atoms with Crippen molar-refractivity contribution in [3.8, 4) is 5.75 Å². The number of nitrogens with one attached hydrogen (secondary N) is 1. The van der Waals surface area contributed by atoms with E-state index in [0.29, 0.717) is 30.9 Å². The molecule has 3 atom stereocenters. The van der Waals surface area contributed by atoms with E-state index in [1.165, 1.54) is 0 Å². The number of amides is 4. The van der Waals surface area contributed by atoms with E-state index in [0.717, 1.165) is 30.6 Å². The Labute approximate surface area is 169 Å². The van der Waals surface area contributed by atoms with Gasteiger partial charge in [-0.1, -0.05) is 12.8 Å². The van der Waals surface area contributed by atoms with Gasteiger partial charge in [0.2, 0.25) is 5.91 Å². The molecule has 0 bridgehead atoms. The highest BCUT2D eigenvalue weighted by atomic mass is 16.5. The average molecular weight is 401 g/mol. The Morgan fingerprint density at radius 1 is 1.24 bits per heavy atom. The van der Waals surface area contributed by atoms with Crippen LogP contribution in [-0.4, -0.2) is 59.7 Å². The fraction of sp³-hybridized carbons (Fsp3) is 0.571. The molecule has 3 fully saturated rings. The quantitative estimate of drug-likeness (QED) is 0.748. The molecule has 156 valence electrons. The number of methoxy groups -OCH3 is 1. The number of likely N-dealkylation sites (tertiary alicyclic amines) is 1. The summed E-state index contributed by atoms with van der Waals surface area (Å²) >= 11 is 0. The third kappa shape index (κ3) is 3.69. The van der Waals surface area contributed by atoms with E-state index in [4.69, 9.17) is 4.74 Å². The molecule has 2 saturated heterocycles. The van der Waals surface area contributed by atoms with Gasteiger partial charge >= 0.3 is 6.03 Å². The van der Waals surface area contributed by atoms with Crippen molar-refractivity contribution in [2.45, 2.75) is 50.2 Å². The van der Waals surface area contributed by atoms with Crippen molar-refractivity contribution in [3.63, 3.8) is 0 Å². The van der Waals surface area contributed by atoms with Crippen LogP contribution >= 0.6 is 0 Å². The van der Waals surface area contributed by atoms with Crippen LogP contribution in [0.3, 0.4) is 0 Å². The van der Waals surface area contributed by atoms with E-state index in [-0.39, 0.29) is 18.2 Å². The first kappa shape index (κ1) is 19.7. The molecule has 2 aliphatic heterocycles. The molecule has 2 N–H and O–H groups in total. The van der Waals surface area contributed by atoms with Crippen LogP contribution in [0.4, 0.5) is 10.5 Å². The average Bonchev–Trinajstić information content (AvgIpc) is 3.00. The van der Waals surface area contributed by atoms with E-state index >= 15 is 0 Å². The van der Waals surface area contributed by atoms with Crippen LogP contribution in [0.5, 0.6) is 5.75 Å². The van der Waals surface area contributed by atoms with Gasteiger partial charge in [-0.15, -0.1) is 0 Å². The summed E-state index contributed by atoms with van der Waals surface area (Å²) in [5.41, 5.74) is -0.217. The van der Waals surface area contributed by atoms with Gasteiger partial charge in [0.25, 0.3) is 5.91 Å². The van der Waals surface area contributed by atoms with Gasteiger partial charge in [0.15, 0.2) is 0 Å². The Kier molecular flexibility index (Phi) is 5.21. The summed E-state index contributed by atoms with van der Waals surface area (Å²) in [6, 6.07) is 5.22. The zero-order chi connectivity index (χ0) is 20.6. The Balaban J connectivity index is 1.40. The first-order chi connectivity index (χ1) is 13.9. The molecule has 4 rings (SSSR count). The standard InChI is InChI=1S/C21H27N3O5/c1-29-16-7-5-15(6-8-16)24-19(26)17(22-20(24)27)12-18(25)23-11-10-21(28)9-3-2-4-14(21)13-23/h5-8,14,17,28H,2-4,9-13H2,1H3,(H,22,27)/t14?,17-,21?/m0/s1. The molecule has 8 heteroatoms. The number of rotatable bonds is 4. The van der Waals surface area contributed by atoms with Crippen LogP contribution in [-0.2, 0) is 9.59 Å². The number of aliphatic hydroxyl groups is 1. The van der Waals surface area contributed by atoms with Crippen molar-refractivity contribution in [2.75, 3.05) is 25.1 Å². The summed E-state index contributed by atoms with van der Waals surface area (Å²) in [5, 5.41) is 13.4. The van der Waals surface area contributed by atoms with Crippen LogP contribution in [0.1, 0.15) is 38.5 Å². The summed E-state index contributed by atoms with van der Waals surface area (Å²) in [6.07, 6.45) is 4.33. The van der Waals surface area contributed by atoms with Crippen molar-refractivity contribution < 1.29 is 24.2 Å². The molecule has 0 spiro atoms. The van der Waals surface area contributed by atoms with Gasteiger partial charge in [-0.25, -0.2) is 9.69 Å². The highest BCUT2D eigenvalue weighted by molar-refractivity contribution is 6.22. The van der Waals surface area contributed by atoms with Gasteiger partial charge in [-0.3, -0.25) is 9.59 Å². The number of carbonyl (C=O) groups excluding carboxylic acids is 3. The molecule has 3 aliphatic rings. The molecule has 8 nitrogen and oxygen atoms in total. The topological polar surface area (TPSA) is 99.2 Å². The molecular formula is C21H27N3O5. The first-order valence-electron chi connectivity index (χ1n) is 10.2. The molecule has 0 radical (unpaired) electrons. The highest BCUT2D eigenvalue weighted by Gasteiger charge is 2.45. The van der Waals surface area contributed by atoms with Gasteiger partial charge < -0.3 is 20.1 Å². The molecule has 1 aromatic carbocycles. The highest BCUT2D eigenvalue weighted by Crippen LogP contribution is 2.40. The van der Waals surface area contributed by atoms with Crippen molar-refractivity contribution >= 4 is 23.5 Å². The minimum absolute atomic E-state index is 0.0671. The molecule has 2 heterocycles. The zero-order valence-electron chi connectivity index (χ0n) is 16.6. The molecule has 2 unspecified atom stereocenters. The summed E-state index contributed by atoms with van der Waals surface area (Å²) in [6.45, 7) is 1.01. The number of carbonyl (C=O) groups is 3. The third-order valence-corrected chi connectivity index (χ3v) is 6.51. The maximum absolute atomic E-state index is 12.8. The van der Waals surface area contributed by atoms with E-state index < -0.39 is 23.6 Å². The second kappa shape index (κ2) is 7.67. The Hall–Kier alpha value is -2.61. The van der Waals surface area contributed by atoms with Crippen molar-refractivity contribution in [3.05, 3.63) is 24.3 Å².